The van der Waals surface area contributed by atoms with Gasteiger partial charge in [0.15, 0.2) is 0 Å². The number of nitrogens with zero attached hydrogens (tertiary/aromatic N) is 1. The molecule has 1 N–H and O–H groups in total. The van der Waals surface area contributed by atoms with Gasteiger partial charge >= 0.3 is 5.97 Å². The van der Waals surface area contributed by atoms with Crippen LogP contribution in [-0.2, 0) is 11.3 Å². The van der Waals surface area contributed by atoms with Crippen LogP contribution in [0.1, 0.15) is 27.4 Å². The molecule has 0 saturated carbocycles. The van der Waals surface area contributed by atoms with E-state index in [9.17, 15) is 14.7 Å². The van der Waals surface area contributed by atoms with Gasteiger partial charge < -0.3 is 14.4 Å². The second-order valence-corrected chi connectivity index (χ2v) is 4.79. The molecule has 0 fully saturated rings. The molecule has 102 valence electrons. The number of hydrogen-bond donors (Lipinski definition) is 1. The van der Waals surface area contributed by atoms with Gasteiger partial charge in [-0.2, -0.15) is 0 Å². The predicted octanol–water partition coefficient (Wildman–Crippen LogP) is 2.10. The molecule has 1 atom stereocenters. The summed E-state index contributed by atoms with van der Waals surface area (Å²) in [6.07, 6.45) is 2.80. The zero-order chi connectivity index (χ0) is 14.1. The van der Waals surface area contributed by atoms with Gasteiger partial charge in [0.2, 0.25) is 0 Å². The van der Waals surface area contributed by atoms with Gasteiger partial charge in [0.25, 0.3) is 5.91 Å². The number of carbonyl (C=O) groups is 2. The highest BCUT2D eigenvalue weighted by molar-refractivity contribution is 5.94. The minimum absolute atomic E-state index is 0.177. The normalized spacial score (nSPS) is 17.6. The summed E-state index contributed by atoms with van der Waals surface area (Å²) in [5, 5.41) is 9.36. The van der Waals surface area contributed by atoms with Gasteiger partial charge in [-0.15, -0.1) is 0 Å². The van der Waals surface area contributed by atoms with Crippen molar-refractivity contribution in [2.75, 3.05) is 6.54 Å². The van der Waals surface area contributed by atoms with Crippen molar-refractivity contribution in [1.82, 2.24) is 4.90 Å². The molecule has 0 aliphatic carbocycles. The Morgan fingerprint density at radius 1 is 1.25 bits per heavy atom. The number of carboxylic acids is 1. The summed E-state index contributed by atoms with van der Waals surface area (Å²) in [7, 11) is 0. The summed E-state index contributed by atoms with van der Waals surface area (Å²) in [6.45, 7) is 0.598. The van der Waals surface area contributed by atoms with E-state index < -0.39 is 11.9 Å². The van der Waals surface area contributed by atoms with Crippen LogP contribution in [0.15, 0.2) is 47.3 Å². The Balaban J connectivity index is 1.94. The molecule has 1 aromatic carbocycles. The zero-order valence-electron chi connectivity index (χ0n) is 10.7. The fraction of sp³-hybridized carbons (Fsp3) is 0.200. The van der Waals surface area contributed by atoms with Gasteiger partial charge in [-0.25, -0.2) is 0 Å². The maximum atomic E-state index is 12.3. The number of aliphatic carboxylic acids is 1. The number of rotatable bonds is 2. The molecule has 20 heavy (non-hydrogen) atoms. The summed E-state index contributed by atoms with van der Waals surface area (Å²) in [5.74, 6) is -1.81. The lowest BCUT2D eigenvalue weighted by atomic mass is 9.89. The van der Waals surface area contributed by atoms with Crippen molar-refractivity contribution in [2.45, 2.75) is 12.5 Å². The van der Waals surface area contributed by atoms with E-state index in [2.05, 4.69) is 0 Å². The van der Waals surface area contributed by atoms with Gasteiger partial charge in [-0.3, -0.25) is 9.59 Å². The fourth-order valence-electron chi connectivity index (χ4n) is 2.54. The largest absolute Gasteiger partial charge is 0.481 e. The van der Waals surface area contributed by atoms with E-state index in [0.717, 1.165) is 11.1 Å². The van der Waals surface area contributed by atoms with Crippen LogP contribution < -0.4 is 0 Å². The first-order valence-corrected chi connectivity index (χ1v) is 6.29. The van der Waals surface area contributed by atoms with Crippen molar-refractivity contribution in [3.05, 3.63) is 59.5 Å². The molecular formula is C15H13NO4. The monoisotopic (exact) mass is 271 g/mol. The van der Waals surface area contributed by atoms with Crippen molar-refractivity contribution < 1.29 is 19.1 Å². The quantitative estimate of drug-likeness (QED) is 0.908. The molecule has 2 heterocycles. The Bertz CT molecular complexity index is 648. The maximum Gasteiger partial charge on any atom is 0.312 e. The van der Waals surface area contributed by atoms with Crippen molar-refractivity contribution >= 4 is 11.9 Å². The number of furan rings is 1. The number of hydrogen-bond acceptors (Lipinski definition) is 3. The van der Waals surface area contributed by atoms with Gasteiger partial charge in [-0.1, -0.05) is 24.3 Å². The highest BCUT2D eigenvalue weighted by Gasteiger charge is 2.32. The van der Waals surface area contributed by atoms with Crippen molar-refractivity contribution in [1.29, 1.82) is 0 Å². The van der Waals surface area contributed by atoms with Gasteiger partial charge in [0.1, 0.15) is 6.26 Å². The molecule has 0 bridgehead atoms. The van der Waals surface area contributed by atoms with Crippen LogP contribution in [0.25, 0.3) is 0 Å². The Hall–Kier alpha value is -2.56. The Kier molecular flexibility index (Phi) is 3.02. The summed E-state index contributed by atoms with van der Waals surface area (Å²) in [6, 6.07) is 8.93. The second-order valence-electron chi connectivity index (χ2n) is 4.79. The molecule has 1 aliphatic rings. The van der Waals surface area contributed by atoms with Crippen LogP contribution in [0.2, 0.25) is 0 Å². The minimum Gasteiger partial charge on any atom is -0.481 e. The zero-order valence-corrected chi connectivity index (χ0v) is 10.7. The topological polar surface area (TPSA) is 70.8 Å². The lowest BCUT2D eigenvalue weighted by Crippen LogP contribution is -2.40. The van der Waals surface area contributed by atoms with E-state index in [-0.39, 0.29) is 12.5 Å². The number of amides is 1. The fourth-order valence-corrected chi connectivity index (χ4v) is 2.54. The molecule has 3 rings (SSSR count). The van der Waals surface area contributed by atoms with Crippen LogP contribution in [0.5, 0.6) is 0 Å². The van der Waals surface area contributed by atoms with E-state index in [1.165, 1.54) is 12.5 Å². The van der Waals surface area contributed by atoms with Crippen LogP contribution >= 0.6 is 0 Å². The molecule has 0 saturated heterocycles. The summed E-state index contributed by atoms with van der Waals surface area (Å²) in [5.41, 5.74) is 2.10. The van der Waals surface area contributed by atoms with E-state index in [4.69, 9.17) is 4.42 Å². The molecule has 1 amide bonds. The minimum atomic E-state index is -0.915. The standard InChI is InChI=1S/C15H13NO4/c17-14(11-5-6-20-9-11)16-7-10-3-1-2-4-12(10)13(8-16)15(18)19/h1-6,9,13H,7-8H2,(H,18,19). The van der Waals surface area contributed by atoms with E-state index in [1.807, 2.05) is 24.3 Å². The molecule has 1 aromatic heterocycles. The number of carboxylic acid groups (broad SMARTS) is 1. The van der Waals surface area contributed by atoms with Crippen LogP contribution in [0, 0.1) is 0 Å². The lowest BCUT2D eigenvalue weighted by Gasteiger charge is -2.32. The summed E-state index contributed by atoms with van der Waals surface area (Å²) < 4.78 is 4.91. The van der Waals surface area contributed by atoms with Gasteiger partial charge in [-0.05, 0) is 17.2 Å². The van der Waals surface area contributed by atoms with E-state index in [0.29, 0.717) is 12.1 Å². The first-order chi connectivity index (χ1) is 9.66. The second kappa shape index (κ2) is 4.85. The smallest absolute Gasteiger partial charge is 0.312 e. The molecule has 5 nitrogen and oxygen atoms in total. The predicted molar refractivity (Wildman–Crippen MR) is 70.3 cm³/mol. The SMILES string of the molecule is O=C(O)C1CN(C(=O)c2ccoc2)Cc2ccccc21. The summed E-state index contributed by atoms with van der Waals surface area (Å²) >= 11 is 0. The maximum absolute atomic E-state index is 12.3. The highest BCUT2D eigenvalue weighted by atomic mass is 16.4. The van der Waals surface area contributed by atoms with E-state index in [1.54, 1.807) is 11.0 Å². The molecule has 0 radical (unpaired) electrons. The van der Waals surface area contributed by atoms with Crippen LogP contribution in [0.4, 0.5) is 0 Å². The molecule has 0 spiro atoms. The lowest BCUT2D eigenvalue weighted by molar-refractivity contribution is -0.139. The Morgan fingerprint density at radius 2 is 2.05 bits per heavy atom. The van der Waals surface area contributed by atoms with Gasteiger partial charge in [0.05, 0.1) is 17.7 Å². The molecule has 5 heteroatoms. The third-order valence-corrected chi connectivity index (χ3v) is 3.55. The van der Waals surface area contributed by atoms with Crippen molar-refractivity contribution in [2.24, 2.45) is 0 Å². The highest BCUT2D eigenvalue weighted by Crippen LogP contribution is 2.29. The number of carbonyl (C=O) groups excluding carboxylic acids is 1. The van der Waals surface area contributed by atoms with Crippen LogP contribution in [0.3, 0.4) is 0 Å². The third kappa shape index (κ3) is 2.07. The summed E-state index contributed by atoms with van der Waals surface area (Å²) in [4.78, 5) is 25.3. The van der Waals surface area contributed by atoms with Gasteiger partial charge in [0, 0.05) is 13.1 Å². The molecular weight excluding hydrogens is 258 g/mol. The van der Waals surface area contributed by atoms with Crippen molar-refractivity contribution in [3.8, 4) is 0 Å². The molecule has 1 aliphatic heterocycles. The average molecular weight is 271 g/mol. The average Bonchev–Trinajstić information content (AvgIpc) is 2.99. The molecule has 1 unspecified atom stereocenters. The Labute approximate surface area is 115 Å². The first kappa shape index (κ1) is 12.5. The Morgan fingerprint density at radius 3 is 2.75 bits per heavy atom. The molecule has 2 aromatic rings. The van der Waals surface area contributed by atoms with Crippen LogP contribution in [-0.4, -0.2) is 28.4 Å². The van der Waals surface area contributed by atoms with Crippen molar-refractivity contribution in [3.63, 3.8) is 0 Å². The number of fused-ring (bicyclic) bond motifs is 1. The van der Waals surface area contributed by atoms with E-state index >= 15 is 0 Å². The first-order valence-electron chi connectivity index (χ1n) is 6.29. The number of benzene rings is 1. The third-order valence-electron chi connectivity index (χ3n) is 3.55.